The first kappa shape index (κ1) is 15.9. The summed E-state index contributed by atoms with van der Waals surface area (Å²) in [4.78, 5) is 13.6. The molecule has 20 heavy (non-hydrogen) atoms. The van der Waals surface area contributed by atoms with Crippen molar-refractivity contribution in [1.29, 1.82) is 0 Å². The van der Waals surface area contributed by atoms with Gasteiger partial charge >= 0.3 is 18.5 Å². The van der Waals surface area contributed by atoms with Crippen molar-refractivity contribution in [3.63, 3.8) is 0 Å². The van der Waals surface area contributed by atoms with Crippen LogP contribution in [0.3, 0.4) is 0 Å². The molecule has 0 saturated heterocycles. The molecule has 0 bridgehead atoms. The van der Waals surface area contributed by atoms with Crippen LogP contribution in [-0.4, -0.2) is 29.5 Å². The first-order chi connectivity index (χ1) is 8.97. The number of methoxy groups -OCH3 is 1. The first-order valence-corrected chi connectivity index (χ1v) is 4.60. The maximum atomic E-state index is 12.8. The average Bonchev–Trinajstić information content (AvgIpc) is 2.23. The summed E-state index contributed by atoms with van der Waals surface area (Å²) in [5, 5.41) is 8.64. The largest absolute Gasteiger partial charge is 0.573 e. The fourth-order valence-electron chi connectivity index (χ4n) is 1.30. The lowest BCUT2D eigenvalue weighted by molar-refractivity contribution is -0.276. The number of aromatic nitrogens is 1. The minimum Gasteiger partial charge on any atom is -0.493 e. The quantitative estimate of drug-likeness (QED) is 0.870. The Hall–Kier alpha value is -2.20. The predicted octanol–water partition coefficient (Wildman–Crippen LogP) is 2.71. The number of carbonyl (C=O) groups is 1. The highest BCUT2D eigenvalue weighted by Gasteiger charge is 2.44. The summed E-state index contributed by atoms with van der Waals surface area (Å²) in [5.41, 5.74) is -3.20. The Morgan fingerprint density at radius 1 is 1.25 bits per heavy atom. The van der Waals surface area contributed by atoms with E-state index in [2.05, 4.69) is 14.5 Å². The van der Waals surface area contributed by atoms with Crippen LogP contribution in [-0.2, 0) is 6.18 Å². The second kappa shape index (κ2) is 5.06. The van der Waals surface area contributed by atoms with Crippen LogP contribution in [0.5, 0.6) is 11.5 Å². The minimum atomic E-state index is -5.41. The number of halogens is 6. The molecule has 0 aromatic carbocycles. The molecule has 0 aliphatic heterocycles. The Kier molecular flexibility index (Phi) is 4.01. The van der Waals surface area contributed by atoms with Crippen molar-refractivity contribution in [1.82, 2.24) is 4.98 Å². The molecule has 0 unspecified atom stereocenters. The van der Waals surface area contributed by atoms with Crippen LogP contribution in [0.25, 0.3) is 0 Å². The zero-order chi connectivity index (χ0) is 15.7. The lowest BCUT2D eigenvalue weighted by Gasteiger charge is -2.18. The van der Waals surface area contributed by atoms with Crippen molar-refractivity contribution in [2.24, 2.45) is 0 Å². The topological polar surface area (TPSA) is 68.7 Å². The summed E-state index contributed by atoms with van der Waals surface area (Å²) in [6.07, 6.45) is -10.7. The lowest BCUT2D eigenvalue weighted by atomic mass is 10.1. The number of aromatic carboxylic acids is 1. The Bertz CT molecular complexity index is 524. The van der Waals surface area contributed by atoms with E-state index in [0.717, 1.165) is 0 Å². The van der Waals surface area contributed by atoms with Gasteiger partial charge in [0.05, 0.1) is 13.3 Å². The summed E-state index contributed by atoms with van der Waals surface area (Å²) in [6, 6.07) is 0. The second-order valence-electron chi connectivity index (χ2n) is 3.23. The molecule has 1 N–H and O–H groups in total. The summed E-state index contributed by atoms with van der Waals surface area (Å²) in [5.74, 6) is -4.97. The molecule has 112 valence electrons. The smallest absolute Gasteiger partial charge is 0.493 e. The Balaban J connectivity index is 3.59. The van der Waals surface area contributed by atoms with Gasteiger partial charge in [-0.05, 0) is 0 Å². The fraction of sp³-hybridized carbons (Fsp3) is 0.333. The van der Waals surface area contributed by atoms with Gasteiger partial charge < -0.3 is 14.6 Å². The van der Waals surface area contributed by atoms with Gasteiger partial charge in [-0.25, -0.2) is 9.78 Å². The predicted molar refractivity (Wildman–Crippen MR) is 49.4 cm³/mol. The Morgan fingerprint density at radius 2 is 1.80 bits per heavy atom. The Morgan fingerprint density at radius 3 is 2.15 bits per heavy atom. The van der Waals surface area contributed by atoms with Crippen LogP contribution in [0.1, 0.15) is 16.1 Å². The summed E-state index contributed by atoms with van der Waals surface area (Å²) >= 11 is 0. The zero-order valence-corrected chi connectivity index (χ0v) is 9.46. The molecule has 0 saturated carbocycles. The molecule has 0 atom stereocenters. The van der Waals surface area contributed by atoms with Gasteiger partial charge in [0.2, 0.25) is 0 Å². The SMILES string of the molecule is COc1c(C(=O)O)ncc(OC(F)(F)F)c1C(F)(F)F. The molecular formula is C9H5F6NO4. The van der Waals surface area contributed by atoms with Crippen molar-refractivity contribution < 1.29 is 45.7 Å². The van der Waals surface area contributed by atoms with Crippen LogP contribution < -0.4 is 9.47 Å². The highest BCUT2D eigenvalue weighted by atomic mass is 19.4. The van der Waals surface area contributed by atoms with Gasteiger partial charge in [-0.15, -0.1) is 13.2 Å². The first-order valence-electron chi connectivity index (χ1n) is 4.60. The van der Waals surface area contributed by atoms with Gasteiger partial charge in [-0.2, -0.15) is 13.2 Å². The van der Waals surface area contributed by atoms with E-state index in [1.807, 2.05) is 0 Å². The maximum Gasteiger partial charge on any atom is 0.573 e. The van der Waals surface area contributed by atoms with Crippen LogP contribution >= 0.6 is 0 Å². The number of carboxylic acid groups (broad SMARTS) is 1. The second-order valence-corrected chi connectivity index (χ2v) is 3.23. The standard InChI is InChI=1S/C9H5F6NO4/c1-19-6-4(8(10,11)12)3(20-9(13,14)15)2-16-5(6)7(17)18/h2H,1H3,(H,17,18). The summed E-state index contributed by atoms with van der Waals surface area (Å²) < 4.78 is 81.8. The molecule has 0 spiro atoms. The maximum absolute atomic E-state index is 12.8. The molecule has 11 heteroatoms. The van der Waals surface area contributed by atoms with Gasteiger partial charge in [0.25, 0.3) is 0 Å². The molecule has 5 nitrogen and oxygen atoms in total. The van der Waals surface area contributed by atoms with E-state index >= 15 is 0 Å². The zero-order valence-electron chi connectivity index (χ0n) is 9.46. The van der Waals surface area contributed by atoms with E-state index in [1.165, 1.54) is 0 Å². The Labute approximate surface area is 106 Å². The number of carboxylic acids is 1. The van der Waals surface area contributed by atoms with Gasteiger partial charge in [0.15, 0.2) is 17.2 Å². The van der Waals surface area contributed by atoms with Crippen molar-refractivity contribution in [2.75, 3.05) is 7.11 Å². The fourth-order valence-corrected chi connectivity index (χ4v) is 1.30. The van der Waals surface area contributed by atoms with E-state index < -0.39 is 41.3 Å². The molecular weight excluding hydrogens is 300 g/mol. The third-order valence-corrected chi connectivity index (χ3v) is 1.92. The van der Waals surface area contributed by atoms with Gasteiger partial charge in [-0.3, -0.25) is 0 Å². The van der Waals surface area contributed by atoms with Gasteiger partial charge in [0.1, 0.15) is 5.56 Å². The van der Waals surface area contributed by atoms with Gasteiger partial charge in [0, 0.05) is 0 Å². The summed E-state index contributed by atoms with van der Waals surface area (Å²) in [7, 11) is 0.663. The van der Waals surface area contributed by atoms with E-state index in [9.17, 15) is 31.1 Å². The average molecular weight is 305 g/mol. The molecule has 0 aliphatic rings. The number of hydrogen-bond acceptors (Lipinski definition) is 4. The molecule has 0 fully saturated rings. The molecule has 1 aromatic rings. The molecule has 0 aliphatic carbocycles. The van der Waals surface area contributed by atoms with Crippen LogP contribution in [0.2, 0.25) is 0 Å². The normalized spacial score (nSPS) is 12.2. The van der Waals surface area contributed by atoms with E-state index in [4.69, 9.17) is 5.11 Å². The van der Waals surface area contributed by atoms with Crippen molar-refractivity contribution in [3.8, 4) is 11.5 Å². The van der Waals surface area contributed by atoms with Crippen molar-refractivity contribution >= 4 is 5.97 Å². The van der Waals surface area contributed by atoms with Crippen molar-refractivity contribution in [2.45, 2.75) is 12.5 Å². The third-order valence-electron chi connectivity index (χ3n) is 1.92. The number of ether oxygens (including phenoxy) is 2. The number of hydrogen-bond donors (Lipinski definition) is 1. The summed E-state index contributed by atoms with van der Waals surface area (Å²) in [6.45, 7) is 0. The molecule has 1 aromatic heterocycles. The molecule has 1 rings (SSSR count). The monoisotopic (exact) mass is 305 g/mol. The number of nitrogens with zero attached hydrogens (tertiary/aromatic N) is 1. The molecule has 0 amide bonds. The van der Waals surface area contributed by atoms with Crippen molar-refractivity contribution in [3.05, 3.63) is 17.5 Å². The molecule has 0 radical (unpaired) electrons. The third kappa shape index (κ3) is 3.42. The highest BCUT2D eigenvalue weighted by molar-refractivity contribution is 5.89. The van der Waals surface area contributed by atoms with Crippen LogP contribution in [0, 0.1) is 0 Å². The molecule has 1 heterocycles. The van der Waals surface area contributed by atoms with E-state index in [1.54, 1.807) is 0 Å². The number of alkyl halides is 6. The lowest BCUT2D eigenvalue weighted by Crippen LogP contribution is -2.22. The minimum absolute atomic E-state index is 0.0162. The van der Waals surface area contributed by atoms with Gasteiger partial charge in [-0.1, -0.05) is 0 Å². The highest BCUT2D eigenvalue weighted by Crippen LogP contribution is 2.44. The van der Waals surface area contributed by atoms with Crippen LogP contribution in [0.15, 0.2) is 6.20 Å². The van der Waals surface area contributed by atoms with Crippen LogP contribution in [0.4, 0.5) is 26.3 Å². The number of rotatable bonds is 3. The van der Waals surface area contributed by atoms with E-state index in [0.29, 0.717) is 7.11 Å². The van der Waals surface area contributed by atoms with E-state index in [-0.39, 0.29) is 6.20 Å². The number of pyridine rings is 1.